The summed E-state index contributed by atoms with van der Waals surface area (Å²) in [6.45, 7) is 7.10. The van der Waals surface area contributed by atoms with Gasteiger partial charge in [-0.3, -0.25) is 9.59 Å². The van der Waals surface area contributed by atoms with E-state index in [1.165, 1.54) is 13.3 Å². The first-order valence-electron chi connectivity index (χ1n) is 10.9. The van der Waals surface area contributed by atoms with E-state index in [9.17, 15) is 18.0 Å². The second kappa shape index (κ2) is 8.89. The summed E-state index contributed by atoms with van der Waals surface area (Å²) in [7, 11) is -1.56. The largest absolute Gasteiger partial charge is 0.335 e. The van der Waals surface area contributed by atoms with Crippen LogP contribution in [-0.4, -0.2) is 102 Å². The Kier molecular flexibility index (Phi) is 6.35. The maximum Gasteiger partial charge on any atom is 0.282 e. The van der Waals surface area contributed by atoms with E-state index in [-0.39, 0.29) is 49.4 Å². The van der Waals surface area contributed by atoms with Crippen LogP contribution in [0.15, 0.2) is 29.1 Å². The molecule has 2 aliphatic heterocycles. The summed E-state index contributed by atoms with van der Waals surface area (Å²) in [4.78, 5) is 29.8. The summed E-state index contributed by atoms with van der Waals surface area (Å²) < 4.78 is 30.3. The summed E-state index contributed by atoms with van der Waals surface area (Å²) in [6, 6.07) is 6.79. The minimum Gasteiger partial charge on any atom is -0.335 e. The summed E-state index contributed by atoms with van der Waals surface area (Å²) in [5.74, 6) is -0.285. The van der Waals surface area contributed by atoms with Crippen LogP contribution in [0, 0.1) is 0 Å². The quantitative estimate of drug-likeness (QED) is 0.645. The first kappa shape index (κ1) is 22.8. The van der Waals surface area contributed by atoms with E-state index in [0.717, 1.165) is 0 Å². The van der Waals surface area contributed by atoms with Crippen LogP contribution < -0.4 is 5.56 Å². The standard InChI is InChI=1S/C21H30N6O4S/c1-16(2)27-20(28)18-7-5-4-6-17(18)19(22-27)21(29)24-10-14-26(15-11-24)32(30,31)25-12-8-23(3)9-13-25/h4-7,16H,8-15H2,1-3H3. The molecule has 0 spiro atoms. The number of carbonyl (C=O) groups excluding carboxylic acids is 1. The Labute approximate surface area is 188 Å². The molecule has 1 amide bonds. The molecule has 0 aliphatic carbocycles. The number of hydrogen-bond donors (Lipinski definition) is 0. The normalized spacial score (nSPS) is 19.7. The smallest absolute Gasteiger partial charge is 0.282 e. The maximum atomic E-state index is 13.4. The van der Waals surface area contributed by atoms with Gasteiger partial charge in [0, 0.05) is 57.7 Å². The first-order valence-corrected chi connectivity index (χ1v) is 12.3. The summed E-state index contributed by atoms with van der Waals surface area (Å²) >= 11 is 0. The average Bonchev–Trinajstić information content (AvgIpc) is 2.79. The molecule has 0 saturated carbocycles. The number of rotatable bonds is 4. The lowest BCUT2D eigenvalue weighted by atomic mass is 10.1. The van der Waals surface area contributed by atoms with Crippen molar-refractivity contribution >= 4 is 26.9 Å². The predicted octanol–water partition coefficient (Wildman–Crippen LogP) is 0.227. The van der Waals surface area contributed by atoms with E-state index in [0.29, 0.717) is 37.0 Å². The lowest BCUT2D eigenvalue weighted by Gasteiger charge is -2.39. The van der Waals surface area contributed by atoms with Crippen LogP contribution in [0.5, 0.6) is 0 Å². The van der Waals surface area contributed by atoms with Gasteiger partial charge in [-0.15, -0.1) is 0 Å². The fourth-order valence-electron chi connectivity index (χ4n) is 4.17. The molecule has 1 aromatic carbocycles. The number of carbonyl (C=O) groups is 1. The van der Waals surface area contributed by atoms with Crippen LogP contribution in [0.2, 0.25) is 0 Å². The number of benzene rings is 1. The molecule has 1 aromatic heterocycles. The molecule has 174 valence electrons. The fourth-order valence-corrected chi connectivity index (χ4v) is 5.74. The van der Waals surface area contributed by atoms with Crippen molar-refractivity contribution in [2.75, 3.05) is 59.4 Å². The number of piperazine rings is 2. The summed E-state index contributed by atoms with van der Waals surface area (Å²) in [6.07, 6.45) is 0. The molecule has 32 heavy (non-hydrogen) atoms. The van der Waals surface area contributed by atoms with Crippen molar-refractivity contribution in [3.05, 3.63) is 40.3 Å². The summed E-state index contributed by atoms with van der Waals surface area (Å²) in [5, 5.41) is 5.37. The number of amides is 1. The molecule has 0 bridgehead atoms. The topological polar surface area (TPSA) is 99.1 Å². The van der Waals surface area contributed by atoms with Crippen molar-refractivity contribution in [2.45, 2.75) is 19.9 Å². The number of aromatic nitrogens is 2. The van der Waals surface area contributed by atoms with Crippen LogP contribution >= 0.6 is 0 Å². The minimum atomic E-state index is -3.54. The monoisotopic (exact) mass is 462 g/mol. The Bertz CT molecular complexity index is 1160. The van der Waals surface area contributed by atoms with E-state index in [4.69, 9.17) is 0 Å². The molecule has 2 aliphatic rings. The van der Waals surface area contributed by atoms with Crippen LogP contribution in [0.1, 0.15) is 30.4 Å². The third-order valence-electron chi connectivity index (χ3n) is 6.16. The number of hydrogen-bond acceptors (Lipinski definition) is 6. The van der Waals surface area contributed by atoms with Gasteiger partial charge >= 0.3 is 0 Å². The summed E-state index contributed by atoms with van der Waals surface area (Å²) in [5.41, 5.74) is -0.000450. The minimum absolute atomic E-state index is 0.191. The molecule has 0 atom stereocenters. The van der Waals surface area contributed by atoms with Crippen molar-refractivity contribution < 1.29 is 13.2 Å². The number of fused-ring (bicyclic) bond motifs is 1. The average molecular weight is 463 g/mol. The van der Waals surface area contributed by atoms with Crippen molar-refractivity contribution in [2.24, 2.45) is 0 Å². The zero-order valence-electron chi connectivity index (χ0n) is 18.8. The highest BCUT2D eigenvalue weighted by Crippen LogP contribution is 2.19. The predicted molar refractivity (Wildman–Crippen MR) is 122 cm³/mol. The highest BCUT2D eigenvalue weighted by molar-refractivity contribution is 7.86. The Balaban J connectivity index is 1.54. The van der Waals surface area contributed by atoms with E-state index < -0.39 is 10.2 Å². The molecule has 0 radical (unpaired) electrons. The van der Waals surface area contributed by atoms with Crippen LogP contribution in [-0.2, 0) is 10.2 Å². The van der Waals surface area contributed by atoms with Crippen LogP contribution in [0.3, 0.4) is 0 Å². The van der Waals surface area contributed by atoms with Crippen molar-refractivity contribution in [1.29, 1.82) is 0 Å². The van der Waals surface area contributed by atoms with Gasteiger partial charge in [0.1, 0.15) is 0 Å². The second-order valence-electron chi connectivity index (χ2n) is 8.64. The Morgan fingerprint density at radius 2 is 1.44 bits per heavy atom. The van der Waals surface area contributed by atoms with Gasteiger partial charge in [-0.25, -0.2) is 4.68 Å². The Morgan fingerprint density at radius 1 is 0.906 bits per heavy atom. The lowest BCUT2D eigenvalue weighted by molar-refractivity contribution is 0.0685. The van der Waals surface area contributed by atoms with Gasteiger partial charge in [0.15, 0.2) is 5.69 Å². The highest BCUT2D eigenvalue weighted by Gasteiger charge is 2.35. The third-order valence-corrected chi connectivity index (χ3v) is 8.20. The zero-order chi connectivity index (χ0) is 23.0. The molecule has 2 saturated heterocycles. The van der Waals surface area contributed by atoms with Gasteiger partial charge in [0.2, 0.25) is 0 Å². The fraction of sp³-hybridized carbons (Fsp3) is 0.571. The molecule has 4 rings (SSSR count). The molecule has 3 heterocycles. The maximum absolute atomic E-state index is 13.4. The first-order chi connectivity index (χ1) is 15.2. The second-order valence-corrected chi connectivity index (χ2v) is 10.6. The van der Waals surface area contributed by atoms with Crippen molar-refractivity contribution in [1.82, 2.24) is 28.2 Å². The lowest BCUT2D eigenvalue weighted by Crippen LogP contribution is -2.57. The number of nitrogens with zero attached hydrogens (tertiary/aromatic N) is 6. The van der Waals surface area contributed by atoms with E-state index in [2.05, 4.69) is 10.00 Å². The van der Waals surface area contributed by atoms with Gasteiger partial charge in [0.25, 0.3) is 21.7 Å². The third kappa shape index (κ3) is 4.17. The molecule has 2 fully saturated rings. The SMILES string of the molecule is CC(C)n1nc(C(=O)N2CCN(S(=O)(=O)N3CCN(C)CC3)CC2)c2ccccc2c1=O. The van der Waals surface area contributed by atoms with Crippen molar-refractivity contribution in [3.63, 3.8) is 0 Å². The van der Waals surface area contributed by atoms with E-state index in [1.807, 2.05) is 20.9 Å². The molecule has 10 nitrogen and oxygen atoms in total. The van der Waals surface area contributed by atoms with E-state index in [1.54, 1.807) is 29.2 Å². The van der Waals surface area contributed by atoms with Gasteiger partial charge in [-0.2, -0.15) is 22.1 Å². The van der Waals surface area contributed by atoms with E-state index >= 15 is 0 Å². The zero-order valence-corrected chi connectivity index (χ0v) is 19.6. The van der Waals surface area contributed by atoms with Gasteiger partial charge in [-0.05, 0) is 27.0 Å². The molecule has 0 unspecified atom stereocenters. The van der Waals surface area contributed by atoms with Crippen LogP contribution in [0.25, 0.3) is 10.8 Å². The van der Waals surface area contributed by atoms with Gasteiger partial charge < -0.3 is 9.80 Å². The Morgan fingerprint density at radius 3 is 2.00 bits per heavy atom. The highest BCUT2D eigenvalue weighted by atomic mass is 32.2. The molecule has 0 N–H and O–H groups in total. The van der Waals surface area contributed by atoms with Gasteiger partial charge in [0.05, 0.1) is 11.4 Å². The molecular formula is C21H30N6O4S. The van der Waals surface area contributed by atoms with Gasteiger partial charge in [-0.1, -0.05) is 18.2 Å². The van der Waals surface area contributed by atoms with Crippen molar-refractivity contribution in [3.8, 4) is 0 Å². The Hall–Kier alpha value is -2.34. The van der Waals surface area contributed by atoms with Crippen LogP contribution in [0.4, 0.5) is 0 Å². The molecular weight excluding hydrogens is 432 g/mol. The molecule has 2 aromatic rings. The number of likely N-dealkylation sites (N-methyl/N-ethyl adjacent to an activating group) is 1. The molecule has 11 heteroatoms.